The number of hydrogen-bond donors (Lipinski definition) is 2. The molecule has 9 heteroatoms. The number of nitro groups is 1. The van der Waals surface area contributed by atoms with E-state index in [0.717, 1.165) is 6.20 Å². The molecule has 2 aromatic rings. The molecule has 20 heavy (non-hydrogen) atoms. The Balaban J connectivity index is 2.36. The number of nitro benzene ring substituents is 1. The molecule has 0 saturated heterocycles. The summed E-state index contributed by atoms with van der Waals surface area (Å²) in [5.41, 5.74) is 0.556. The van der Waals surface area contributed by atoms with Gasteiger partial charge in [0.05, 0.1) is 23.1 Å². The maximum Gasteiger partial charge on any atom is 0.278 e. The number of rotatable bonds is 5. The Morgan fingerprint density at radius 2 is 2.20 bits per heavy atom. The second kappa shape index (κ2) is 5.29. The van der Waals surface area contributed by atoms with E-state index in [-0.39, 0.29) is 16.4 Å². The Morgan fingerprint density at radius 1 is 1.45 bits per heavy atom. The number of nitrogens with zero attached hydrogens (tertiary/aromatic N) is 2. The van der Waals surface area contributed by atoms with Crippen LogP contribution in [0.4, 0.5) is 11.4 Å². The molecule has 0 aliphatic rings. The summed E-state index contributed by atoms with van der Waals surface area (Å²) in [5, 5.41) is 10.8. The summed E-state index contributed by atoms with van der Waals surface area (Å²) in [5.74, 6) is 0. The van der Waals surface area contributed by atoms with Gasteiger partial charge in [0.25, 0.3) is 15.7 Å². The van der Waals surface area contributed by atoms with Gasteiger partial charge in [0.1, 0.15) is 0 Å². The van der Waals surface area contributed by atoms with Gasteiger partial charge in [0.2, 0.25) is 0 Å². The Hall–Kier alpha value is -2.42. The number of H-pyrrole nitrogens is 1. The highest BCUT2D eigenvalue weighted by atomic mass is 32.2. The van der Waals surface area contributed by atoms with Gasteiger partial charge in [-0.3, -0.25) is 14.8 Å². The minimum Gasteiger partial charge on any atom is -0.334 e. The van der Waals surface area contributed by atoms with Crippen molar-refractivity contribution in [2.24, 2.45) is 0 Å². The molecule has 2 rings (SSSR count). The second-order valence-corrected chi connectivity index (χ2v) is 5.63. The number of anilines is 1. The van der Waals surface area contributed by atoms with E-state index >= 15 is 0 Å². The van der Waals surface area contributed by atoms with Crippen LogP contribution in [0.5, 0.6) is 0 Å². The molecule has 0 aliphatic carbocycles. The average molecular weight is 296 g/mol. The van der Waals surface area contributed by atoms with Crippen molar-refractivity contribution in [3.05, 3.63) is 46.4 Å². The topological polar surface area (TPSA) is 118 Å². The quantitative estimate of drug-likeness (QED) is 0.642. The Morgan fingerprint density at radius 3 is 2.75 bits per heavy atom. The third kappa shape index (κ3) is 2.77. The number of hydrogen-bond acceptors (Lipinski definition) is 5. The first-order chi connectivity index (χ1) is 9.44. The minimum absolute atomic E-state index is 0.111. The van der Waals surface area contributed by atoms with Gasteiger partial charge >= 0.3 is 0 Å². The molecule has 2 N–H and O–H groups in total. The number of benzene rings is 1. The molecular weight excluding hydrogens is 284 g/mol. The van der Waals surface area contributed by atoms with E-state index in [1.54, 1.807) is 6.92 Å². The maximum atomic E-state index is 11.9. The highest BCUT2D eigenvalue weighted by molar-refractivity contribution is 7.92. The lowest BCUT2D eigenvalue weighted by molar-refractivity contribution is -0.385. The van der Waals surface area contributed by atoms with E-state index in [0.29, 0.717) is 12.0 Å². The van der Waals surface area contributed by atoms with Gasteiger partial charge < -0.3 is 4.98 Å². The molecule has 0 unspecified atom stereocenters. The molecule has 0 bridgehead atoms. The third-order valence-corrected chi connectivity index (χ3v) is 3.98. The van der Waals surface area contributed by atoms with Crippen molar-refractivity contribution in [1.82, 2.24) is 9.97 Å². The van der Waals surface area contributed by atoms with Crippen LogP contribution in [0.25, 0.3) is 0 Å². The summed E-state index contributed by atoms with van der Waals surface area (Å²) in [7, 11) is -3.82. The van der Waals surface area contributed by atoms with Crippen molar-refractivity contribution in [3.63, 3.8) is 0 Å². The minimum atomic E-state index is -3.82. The van der Waals surface area contributed by atoms with E-state index in [9.17, 15) is 18.5 Å². The summed E-state index contributed by atoms with van der Waals surface area (Å²) in [6.45, 7) is 1.79. The standard InChI is InChI=1S/C11H12N4O4S/c1-2-8-3-4-9(5-10(8)15(16)17)14-20(18,19)11-6-12-7-13-11/h3-7,14H,2H2,1H3,(H,12,13). The Bertz CT molecular complexity index is 725. The first-order valence-electron chi connectivity index (χ1n) is 5.72. The summed E-state index contributed by atoms with van der Waals surface area (Å²) in [6, 6.07) is 4.22. The monoisotopic (exact) mass is 296 g/mol. The van der Waals surface area contributed by atoms with Crippen LogP contribution in [-0.2, 0) is 16.4 Å². The summed E-state index contributed by atoms with van der Waals surface area (Å²) < 4.78 is 26.2. The average Bonchev–Trinajstić information content (AvgIpc) is 2.92. The Labute approximate surface area is 115 Å². The van der Waals surface area contributed by atoms with Crippen molar-refractivity contribution < 1.29 is 13.3 Å². The van der Waals surface area contributed by atoms with Crippen LogP contribution in [0.3, 0.4) is 0 Å². The molecule has 0 aliphatic heterocycles. The van der Waals surface area contributed by atoms with Crippen LogP contribution in [0.1, 0.15) is 12.5 Å². The number of nitrogens with one attached hydrogen (secondary N) is 2. The van der Waals surface area contributed by atoms with Crippen LogP contribution in [0.15, 0.2) is 35.7 Å². The Kier molecular flexibility index (Phi) is 3.70. The fourth-order valence-electron chi connectivity index (χ4n) is 1.70. The van der Waals surface area contributed by atoms with Gasteiger partial charge in [-0.2, -0.15) is 8.42 Å². The molecule has 1 aromatic heterocycles. The zero-order valence-electron chi connectivity index (χ0n) is 10.5. The number of sulfonamides is 1. The van der Waals surface area contributed by atoms with Crippen molar-refractivity contribution >= 4 is 21.4 Å². The van der Waals surface area contributed by atoms with Crippen molar-refractivity contribution in [2.75, 3.05) is 4.72 Å². The summed E-state index contributed by atoms with van der Waals surface area (Å²) in [4.78, 5) is 16.5. The van der Waals surface area contributed by atoms with E-state index in [2.05, 4.69) is 14.7 Å². The van der Waals surface area contributed by atoms with Crippen LogP contribution >= 0.6 is 0 Å². The number of imidazole rings is 1. The molecule has 1 heterocycles. The highest BCUT2D eigenvalue weighted by Crippen LogP contribution is 2.25. The van der Waals surface area contributed by atoms with E-state index < -0.39 is 14.9 Å². The first kappa shape index (κ1) is 14.0. The lowest BCUT2D eigenvalue weighted by Gasteiger charge is -2.07. The molecule has 8 nitrogen and oxygen atoms in total. The van der Waals surface area contributed by atoms with Gasteiger partial charge in [0, 0.05) is 11.6 Å². The lowest BCUT2D eigenvalue weighted by Crippen LogP contribution is -2.13. The fourth-order valence-corrected chi connectivity index (χ4v) is 2.65. The summed E-state index contributed by atoms with van der Waals surface area (Å²) >= 11 is 0. The van der Waals surface area contributed by atoms with Gasteiger partial charge in [-0.15, -0.1) is 0 Å². The SMILES string of the molecule is CCc1ccc(NS(=O)(=O)c2cnc[nH]2)cc1[N+](=O)[O-]. The zero-order valence-corrected chi connectivity index (χ0v) is 11.3. The molecule has 0 atom stereocenters. The lowest BCUT2D eigenvalue weighted by atomic mass is 10.1. The number of aromatic nitrogens is 2. The second-order valence-electron chi connectivity index (χ2n) is 3.98. The third-order valence-electron chi connectivity index (χ3n) is 2.68. The van der Waals surface area contributed by atoms with E-state index in [1.807, 2.05) is 0 Å². The van der Waals surface area contributed by atoms with Gasteiger partial charge in [0.15, 0.2) is 5.03 Å². The van der Waals surface area contributed by atoms with Gasteiger partial charge in [-0.05, 0) is 12.5 Å². The van der Waals surface area contributed by atoms with Crippen LogP contribution in [0.2, 0.25) is 0 Å². The van der Waals surface area contributed by atoms with Crippen molar-refractivity contribution in [2.45, 2.75) is 18.4 Å². The van der Waals surface area contributed by atoms with Crippen molar-refractivity contribution in [3.8, 4) is 0 Å². The van der Waals surface area contributed by atoms with E-state index in [1.165, 1.54) is 24.5 Å². The number of aromatic amines is 1. The normalized spacial score (nSPS) is 11.2. The predicted molar refractivity (Wildman–Crippen MR) is 71.9 cm³/mol. The highest BCUT2D eigenvalue weighted by Gasteiger charge is 2.18. The molecular formula is C11H12N4O4S. The van der Waals surface area contributed by atoms with Crippen LogP contribution in [-0.4, -0.2) is 23.3 Å². The molecule has 0 spiro atoms. The van der Waals surface area contributed by atoms with Crippen molar-refractivity contribution in [1.29, 1.82) is 0 Å². The maximum absolute atomic E-state index is 11.9. The largest absolute Gasteiger partial charge is 0.334 e. The summed E-state index contributed by atoms with van der Waals surface area (Å²) in [6.07, 6.45) is 2.87. The molecule has 0 fully saturated rings. The van der Waals surface area contributed by atoms with Crippen LogP contribution in [0, 0.1) is 10.1 Å². The van der Waals surface area contributed by atoms with Crippen LogP contribution < -0.4 is 4.72 Å². The molecule has 0 radical (unpaired) electrons. The predicted octanol–water partition coefficient (Wildman–Crippen LogP) is 1.68. The molecule has 0 amide bonds. The van der Waals surface area contributed by atoms with E-state index in [4.69, 9.17) is 0 Å². The number of aryl methyl sites for hydroxylation is 1. The molecule has 1 aromatic carbocycles. The molecule has 0 saturated carbocycles. The fraction of sp³-hybridized carbons (Fsp3) is 0.182. The van der Waals surface area contributed by atoms with Gasteiger partial charge in [-0.25, -0.2) is 4.98 Å². The zero-order chi connectivity index (χ0) is 14.8. The van der Waals surface area contributed by atoms with Gasteiger partial charge in [-0.1, -0.05) is 13.0 Å². The first-order valence-corrected chi connectivity index (χ1v) is 7.21. The smallest absolute Gasteiger partial charge is 0.278 e. The molecule has 106 valence electrons.